The molecule has 0 fully saturated rings. The van der Waals surface area contributed by atoms with Gasteiger partial charge >= 0.3 is 5.97 Å². The summed E-state index contributed by atoms with van der Waals surface area (Å²) < 4.78 is 2.82. The van der Waals surface area contributed by atoms with E-state index >= 15 is 0 Å². The molecular formula is C12H7N7O3S. The van der Waals surface area contributed by atoms with Crippen molar-refractivity contribution in [3.8, 4) is 0 Å². The number of rotatable bonds is 2. The predicted octanol–water partition coefficient (Wildman–Crippen LogP) is 0.346. The Kier molecular flexibility index (Phi) is 2.65. The molecule has 0 radical (unpaired) electrons. The average molecular weight is 329 g/mol. The number of carboxylic acids is 1. The second-order valence-corrected chi connectivity index (χ2v) is 5.55. The van der Waals surface area contributed by atoms with Crippen LogP contribution in [0.5, 0.6) is 0 Å². The van der Waals surface area contributed by atoms with Gasteiger partial charge in [-0.3, -0.25) is 4.79 Å². The number of carboxylic acid groups (broad SMARTS) is 1. The van der Waals surface area contributed by atoms with Gasteiger partial charge in [-0.2, -0.15) is 0 Å². The molecule has 3 heterocycles. The number of fused-ring (bicyclic) bond motifs is 5. The van der Waals surface area contributed by atoms with Crippen molar-refractivity contribution in [2.45, 2.75) is 0 Å². The molecule has 1 amide bonds. The molecule has 0 aliphatic heterocycles. The van der Waals surface area contributed by atoms with Crippen molar-refractivity contribution >= 4 is 43.9 Å². The molecule has 4 aromatic rings. The van der Waals surface area contributed by atoms with Crippen molar-refractivity contribution in [3.63, 3.8) is 0 Å². The fraction of sp³-hybridized carbons (Fsp3) is 0. The Morgan fingerprint density at radius 2 is 1.52 bits per heavy atom. The second-order valence-electron chi connectivity index (χ2n) is 4.57. The van der Waals surface area contributed by atoms with Crippen LogP contribution in [0.15, 0.2) is 24.3 Å². The molecule has 0 aliphatic carbocycles. The van der Waals surface area contributed by atoms with E-state index in [0.29, 0.717) is 15.9 Å². The number of carbonyl (C=O) groups is 2. The molecule has 0 saturated carbocycles. The summed E-state index contributed by atoms with van der Waals surface area (Å²) in [5, 5.41) is 24.6. The van der Waals surface area contributed by atoms with E-state index in [9.17, 15) is 14.7 Å². The van der Waals surface area contributed by atoms with Gasteiger partial charge in [0.2, 0.25) is 5.69 Å². The van der Waals surface area contributed by atoms with Crippen LogP contribution in [-0.4, -0.2) is 46.6 Å². The number of aromatic nitrogens is 6. The highest BCUT2D eigenvalue weighted by Crippen LogP contribution is 2.25. The largest absolute Gasteiger partial charge is 0.476 e. The first-order valence-corrected chi connectivity index (χ1v) is 7.11. The molecule has 4 rings (SSSR count). The summed E-state index contributed by atoms with van der Waals surface area (Å²) in [6, 6.07) is 7.03. The molecular weight excluding hydrogens is 322 g/mol. The van der Waals surface area contributed by atoms with Gasteiger partial charge in [0, 0.05) is 0 Å². The standard InChI is InChI=1S/C12H7N7O3S/c13-9(20)7-10-18(16-14-7)5-3-1-2-4-6(5)19-11(23-10)8(12(21)22)15-17-19/h1-4H,(H2,13,20)(H,21,22). The third-order valence-electron chi connectivity index (χ3n) is 3.23. The molecule has 11 heteroatoms. The molecule has 0 bridgehead atoms. The Hall–Kier alpha value is -3.34. The van der Waals surface area contributed by atoms with Gasteiger partial charge in [-0.25, -0.2) is 13.8 Å². The number of nitrogens with zero attached hydrogens (tertiary/aromatic N) is 6. The summed E-state index contributed by atoms with van der Waals surface area (Å²) in [5.74, 6) is -1.98. The lowest BCUT2D eigenvalue weighted by Gasteiger charge is -1.94. The van der Waals surface area contributed by atoms with Crippen LogP contribution < -0.4 is 5.73 Å². The minimum absolute atomic E-state index is 0.0456. The maximum absolute atomic E-state index is 11.6. The molecule has 1 aromatic carbocycles. The van der Waals surface area contributed by atoms with E-state index in [1.165, 1.54) is 9.03 Å². The number of amides is 1. The SMILES string of the molecule is NC(=O)c1nnn2c1sc1c(C(=O)O)nnn1c1ccccc12. The number of hydrogen-bond donors (Lipinski definition) is 2. The van der Waals surface area contributed by atoms with Gasteiger partial charge in [0.25, 0.3) is 5.91 Å². The quantitative estimate of drug-likeness (QED) is 0.540. The summed E-state index contributed by atoms with van der Waals surface area (Å²) in [6.07, 6.45) is 0. The highest BCUT2D eigenvalue weighted by molar-refractivity contribution is 7.22. The minimum atomic E-state index is -1.22. The van der Waals surface area contributed by atoms with Gasteiger partial charge < -0.3 is 10.8 Å². The molecule has 0 aliphatic rings. The van der Waals surface area contributed by atoms with Crippen molar-refractivity contribution in [2.75, 3.05) is 0 Å². The van der Waals surface area contributed by atoms with Gasteiger partial charge in [0.15, 0.2) is 15.4 Å². The Morgan fingerprint density at radius 3 is 2.04 bits per heavy atom. The van der Waals surface area contributed by atoms with E-state index in [1.807, 2.05) is 0 Å². The molecule has 0 spiro atoms. The summed E-state index contributed by atoms with van der Waals surface area (Å²) in [5.41, 5.74) is 6.20. The minimum Gasteiger partial charge on any atom is -0.476 e. The van der Waals surface area contributed by atoms with E-state index in [2.05, 4.69) is 20.6 Å². The topological polar surface area (TPSA) is 141 Å². The zero-order chi connectivity index (χ0) is 16.1. The monoisotopic (exact) mass is 329 g/mol. The van der Waals surface area contributed by atoms with E-state index in [1.54, 1.807) is 24.3 Å². The van der Waals surface area contributed by atoms with E-state index < -0.39 is 11.9 Å². The molecule has 23 heavy (non-hydrogen) atoms. The number of carbonyl (C=O) groups excluding carboxylic acids is 1. The lowest BCUT2D eigenvalue weighted by Crippen LogP contribution is -2.11. The van der Waals surface area contributed by atoms with E-state index in [4.69, 9.17) is 5.73 Å². The molecule has 114 valence electrons. The summed E-state index contributed by atoms with van der Waals surface area (Å²) in [6.45, 7) is 0. The van der Waals surface area contributed by atoms with Gasteiger partial charge in [0.05, 0.1) is 11.0 Å². The van der Waals surface area contributed by atoms with Crippen molar-refractivity contribution in [1.82, 2.24) is 29.7 Å². The highest BCUT2D eigenvalue weighted by atomic mass is 32.1. The Labute approximate surface area is 130 Å². The number of nitrogens with two attached hydrogens (primary N) is 1. The van der Waals surface area contributed by atoms with Crippen LogP contribution in [0.4, 0.5) is 0 Å². The van der Waals surface area contributed by atoms with Crippen molar-refractivity contribution in [1.29, 1.82) is 0 Å². The number of aromatic carboxylic acids is 1. The zero-order valence-corrected chi connectivity index (χ0v) is 12.1. The van der Waals surface area contributed by atoms with Gasteiger partial charge in [-0.1, -0.05) is 33.9 Å². The molecule has 3 aromatic heterocycles. The van der Waals surface area contributed by atoms with Gasteiger partial charge in [0.1, 0.15) is 0 Å². The number of hydrogen-bond acceptors (Lipinski definition) is 7. The second kappa shape index (κ2) is 4.58. The van der Waals surface area contributed by atoms with Crippen molar-refractivity contribution < 1.29 is 14.7 Å². The normalized spacial score (nSPS) is 11.3. The summed E-state index contributed by atoms with van der Waals surface area (Å²) in [7, 11) is 0. The predicted molar refractivity (Wildman–Crippen MR) is 79.2 cm³/mol. The lowest BCUT2D eigenvalue weighted by molar-refractivity contribution is 0.0692. The Bertz CT molecular complexity index is 1050. The summed E-state index contributed by atoms with van der Waals surface area (Å²) in [4.78, 5) is 23.5. The third kappa shape index (κ3) is 1.80. The molecule has 3 N–H and O–H groups in total. The Balaban J connectivity index is 2.36. The van der Waals surface area contributed by atoms with Crippen LogP contribution in [0.1, 0.15) is 21.0 Å². The van der Waals surface area contributed by atoms with Crippen LogP contribution >= 0.6 is 11.3 Å². The number of benzene rings is 1. The van der Waals surface area contributed by atoms with Crippen molar-refractivity contribution in [3.05, 3.63) is 35.7 Å². The first-order valence-electron chi connectivity index (χ1n) is 6.30. The van der Waals surface area contributed by atoms with E-state index in [0.717, 1.165) is 11.3 Å². The van der Waals surface area contributed by atoms with Crippen molar-refractivity contribution in [2.24, 2.45) is 5.73 Å². The molecule has 10 nitrogen and oxygen atoms in total. The molecule has 0 saturated heterocycles. The fourth-order valence-corrected chi connectivity index (χ4v) is 3.34. The van der Waals surface area contributed by atoms with Crippen LogP contribution in [-0.2, 0) is 0 Å². The smallest absolute Gasteiger partial charge is 0.359 e. The highest BCUT2D eigenvalue weighted by Gasteiger charge is 2.20. The van der Waals surface area contributed by atoms with Crippen LogP contribution in [0, 0.1) is 0 Å². The third-order valence-corrected chi connectivity index (χ3v) is 4.34. The molecule has 0 unspecified atom stereocenters. The summed E-state index contributed by atoms with van der Waals surface area (Å²) >= 11 is 0.977. The lowest BCUT2D eigenvalue weighted by atomic mass is 10.3. The molecule has 0 atom stereocenters. The van der Waals surface area contributed by atoms with Crippen LogP contribution in [0.2, 0.25) is 0 Å². The fourth-order valence-electron chi connectivity index (χ4n) is 2.25. The average Bonchev–Trinajstić information content (AvgIpc) is 3.09. The zero-order valence-electron chi connectivity index (χ0n) is 11.2. The first-order chi connectivity index (χ1) is 11.1. The first kappa shape index (κ1) is 13.3. The van der Waals surface area contributed by atoms with Gasteiger partial charge in [-0.15, -0.1) is 10.2 Å². The van der Waals surface area contributed by atoms with E-state index in [-0.39, 0.29) is 16.2 Å². The van der Waals surface area contributed by atoms with Gasteiger partial charge in [-0.05, 0) is 12.1 Å². The maximum Gasteiger partial charge on any atom is 0.359 e. The number of primary amides is 1. The van der Waals surface area contributed by atoms with Crippen LogP contribution in [0.3, 0.4) is 0 Å². The maximum atomic E-state index is 11.6. The Morgan fingerprint density at radius 1 is 1.00 bits per heavy atom. The van der Waals surface area contributed by atoms with Crippen LogP contribution in [0.25, 0.3) is 20.7 Å². The number of para-hydroxylation sites is 2.